The molecule has 0 radical (unpaired) electrons. The van der Waals surface area contributed by atoms with Gasteiger partial charge in [-0.25, -0.2) is 22.8 Å². The van der Waals surface area contributed by atoms with Crippen LogP contribution in [0.1, 0.15) is 19.8 Å². The summed E-state index contributed by atoms with van der Waals surface area (Å²) in [6, 6.07) is 10.8. The molecule has 10 nitrogen and oxygen atoms in total. The number of sulfonamides is 1. The van der Waals surface area contributed by atoms with E-state index in [1.807, 2.05) is 0 Å². The number of fused-ring (bicyclic) bond motifs is 1. The van der Waals surface area contributed by atoms with Crippen LogP contribution in [0.2, 0.25) is 0 Å². The average molecular weight is 525 g/mol. The normalized spacial score (nSPS) is 15.1. The van der Waals surface area contributed by atoms with Crippen LogP contribution in [0.4, 0.5) is 16.0 Å². The van der Waals surface area contributed by atoms with E-state index in [9.17, 15) is 17.6 Å². The summed E-state index contributed by atoms with van der Waals surface area (Å²) < 4.78 is 49.1. The third-order valence-corrected chi connectivity index (χ3v) is 8.03. The van der Waals surface area contributed by atoms with Crippen molar-refractivity contribution in [1.29, 1.82) is 0 Å². The molecule has 192 valence electrons. The van der Waals surface area contributed by atoms with Gasteiger partial charge in [0.25, 0.3) is 0 Å². The van der Waals surface area contributed by atoms with Crippen LogP contribution in [0.25, 0.3) is 16.8 Å². The maximum atomic E-state index is 13.5. The SMILES string of the molecule is CC(=O)Nc1cn2cc(-c3cnc(N)c(S(=O)(=O)N4CCC(Oc5ccc(F)cc5)CC4)c3)ccc2n1. The predicted octanol–water partition coefficient (Wildman–Crippen LogP) is 3.31. The second-order valence-electron chi connectivity index (χ2n) is 8.77. The van der Waals surface area contributed by atoms with E-state index in [4.69, 9.17) is 10.5 Å². The van der Waals surface area contributed by atoms with E-state index in [-0.39, 0.29) is 41.6 Å². The number of hydrogen-bond donors (Lipinski definition) is 2. The van der Waals surface area contributed by atoms with Gasteiger partial charge in [0.15, 0.2) is 5.82 Å². The minimum atomic E-state index is -3.90. The molecule has 1 saturated heterocycles. The van der Waals surface area contributed by atoms with Crippen molar-refractivity contribution in [1.82, 2.24) is 18.7 Å². The first-order valence-electron chi connectivity index (χ1n) is 11.6. The molecule has 37 heavy (non-hydrogen) atoms. The highest BCUT2D eigenvalue weighted by atomic mass is 32.2. The summed E-state index contributed by atoms with van der Waals surface area (Å²) in [6.45, 7) is 1.91. The highest BCUT2D eigenvalue weighted by molar-refractivity contribution is 7.89. The average Bonchev–Trinajstić information content (AvgIpc) is 3.27. The zero-order chi connectivity index (χ0) is 26.2. The van der Waals surface area contributed by atoms with Crippen LogP contribution in [0.15, 0.2) is 66.0 Å². The molecule has 0 unspecified atom stereocenters. The number of pyridine rings is 2. The van der Waals surface area contributed by atoms with Crippen molar-refractivity contribution in [2.45, 2.75) is 30.8 Å². The summed E-state index contributed by atoms with van der Waals surface area (Å²) in [4.78, 5) is 19.7. The summed E-state index contributed by atoms with van der Waals surface area (Å²) in [6.07, 6.45) is 5.75. The van der Waals surface area contributed by atoms with E-state index in [2.05, 4.69) is 15.3 Å². The van der Waals surface area contributed by atoms with Gasteiger partial charge in [-0.2, -0.15) is 4.31 Å². The van der Waals surface area contributed by atoms with Crippen LogP contribution in [-0.2, 0) is 14.8 Å². The van der Waals surface area contributed by atoms with Crippen LogP contribution < -0.4 is 15.8 Å². The molecule has 5 rings (SSSR count). The maximum Gasteiger partial charge on any atom is 0.246 e. The fourth-order valence-electron chi connectivity index (χ4n) is 4.26. The van der Waals surface area contributed by atoms with Crippen molar-refractivity contribution in [3.8, 4) is 16.9 Å². The van der Waals surface area contributed by atoms with Crippen molar-refractivity contribution in [2.75, 3.05) is 24.1 Å². The number of carbonyl (C=O) groups is 1. The van der Waals surface area contributed by atoms with E-state index in [0.29, 0.717) is 41.2 Å². The molecule has 4 aromatic rings. The van der Waals surface area contributed by atoms with Crippen molar-refractivity contribution in [3.05, 3.63) is 66.9 Å². The summed E-state index contributed by atoms with van der Waals surface area (Å²) in [7, 11) is -3.90. The molecular formula is C25H25FN6O4S. The Bertz CT molecular complexity index is 1560. The lowest BCUT2D eigenvalue weighted by molar-refractivity contribution is -0.114. The second kappa shape index (κ2) is 9.79. The Balaban J connectivity index is 1.34. The number of nitrogens with two attached hydrogens (primary N) is 1. The molecule has 0 spiro atoms. The van der Waals surface area contributed by atoms with Gasteiger partial charge in [-0.3, -0.25) is 4.79 Å². The van der Waals surface area contributed by atoms with Crippen LogP contribution in [-0.4, -0.2) is 52.2 Å². The fourth-order valence-corrected chi connectivity index (χ4v) is 5.82. The highest BCUT2D eigenvalue weighted by Crippen LogP contribution is 2.30. The summed E-state index contributed by atoms with van der Waals surface area (Å²) in [5, 5.41) is 2.64. The van der Waals surface area contributed by atoms with Crippen molar-refractivity contribution in [3.63, 3.8) is 0 Å². The number of carbonyl (C=O) groups excluding carboxylic acids is 1. The number of aromatic nitrogens is 3. The molecule has 1 amide bonds. The van der Waals surface area contributed by atoms with Gasteiger partial charge in [-0.05, 0) is 55.3 Å². The van der Waals surface area contributed by atoms with Crippen LogP contribution >= 0.6 is 0 Å². The molecule has 1 aliphatic heterocycles. The summed E-state index contributed by atoms with van der Waals surface area (Å²) in [5.74, 6) is 0.303. The van der Waals surface area contributed by atoms with Gasteiger partial charge in [0.05, 0.1) is 6.20 Å². The zero-order valence-electron chi connectivity index (χ0n) is 20.0. The van der Waals surface area contributed by atoms with E-state index in [1.54, 1.807) is 41.1 Å². The van der Waals surface area contributed by atoms with Gasteiger partial charge in [-0.15, -0.1) is 0 Å². The van der Waals surface area contributed by atoms with Gasteiger partial charge in [0.2, 0.25) is 15.9 Å². The molecule has 1 aliphatic rings. The van der Waals surface area contributed by atoms with Crippen molar-refractivity contribution in [2.24, 2.45) is 0 Å². The van der Waals surface area contributed by atoms with E-state index in [0.717, 1.165) is 0 Å². The smallest absolute Gasteiger partial charge is 0.246 e. The number of nitrogens with zero attached hydrogens (tertiary/aromatic N) is 4. The lowest BCUT2D eigenvalue weighted by Gasteiger charge is -2.31. The number of piperidine rings is 1. The second-order valence-corrected chi connectivity index (χ2v) is 10.7. The van der Waals surface area contributed by atoms with Crippen molar-refractivity contribution >= 4 is 33.2 Å². The summed E-state index contributed by atoms with van der Waals surface area (Å²) >= 11 is 0. The molecule has 1 aromatic carbocycles. The number of hydrogen-bond acceptors (Lipinski definition) is 7. The Morgan fingerprint density at radius 1 is 1.11 bits per heavy atom. The van der Waals surface area contributed by atoms with E-state index < -0.39 is 10.0 Å². The third-order valence-electron chi connectivity index (χ3n) is 6.11. The molecule has 0 atom stereocenters. The van der Waals surface area contributed by atoms with Gasteiger partial charge in [0.1, 0.15) is 34.0 Å². The van der Waals surface area contributed by atoms with Crippen molar-refractivity contribution < 1.29 is 22.3 Å². The number of ether oxygens (including phenoxy) is 1. The predicted molar refractivity (Wildman–Crippen MR) is 136 cm³/mol. The van der Waals surface area contributed by atoms with E-state index in [1.165, 1.54) is 35.6 Å². The Labute approximate surface area is 213 Å². The monoisotopic (exact) mass is 524 g/mol. The standard InChI is InChI=1S/C25H25FN6O4S/c1-16(33)29-23-15-31-14-17(2-7-24(31)30-23)18-12-22(25(27)28-13-18)37(34,35)32-10-8-21(9-11-32)36-20-5-3-19(26)4-6-20/h2-7,12-15,21H,8-11H2,1H3,(H2,27,28)(H,29,33). The quantitative estimate of drug-likeness (QED) is 0.396. The molecule has 3 N–H and O–H groups in total. The minimum Gasteiger partial charge on any atom is -0.490 e. The number of amides is 1. The molecular weight excluding hydrogens is 499 g/mol. The Morgan fingerprint density at radius 3 is 2.54 bits per heavy atom. The van der Waals surface area contributed by atoms with Gasteiger partial charge in [-0.1, -0.05) is 0 Å². The summed E-state index contributed by atoms with van der Waals surface area (Å²) in [5.41, 5.74) is 7.91. The largest absolute Gasteiger partial charge is 0.490 e. The first-order valence-corrected chi connectivity index (χ1v) is 13.1. The number of benzene rings is 1. The van der Waals surface area contributed by atoms with Gasteiger partial charge >= 0.3 is 0 Å². The number of imidazole rings is 1. The number of nitrogens with one attached hydrogen (secondary N) is 1. The van der Waals surface area contributed by atoms with Crippen LogP contribution in [0.5, 0.6) is 5.75 Å². The fraction of sp³-hybridized carbons (Fsp3) is 0.240. The minimum absolute atomic E-state index is 0.0624. The Kier molecular flexibility index (Phi) is 6.52. The maximum absolute atomic E-state index is 13.5. The first-order chi connectivity index (χ1) is 17.7. The topological polar surface area (TPSA) is 132 Å². The number of nitrogen functional groups attached to an aromatic ring is 1. The number of halogens is 1. The van der Waals surface area contributed by atoms with Gasteiger partial charge < -0.3 is 20.2 Å². The van der Waals surface area contributed by atoms with E-state index >= 15 is 0 Å². The lowest BCUT2D eigenvalue weighted by atomic mass is 10.1. The third kappa shape index (κ3) is 5.25. The molecule has 0 aliphatic carbocycles. The molecule has 12 heteroatoms. The van der Waals surface area contributed by atoms with Crippen LogP contribution in [0.3, 0.4) is 0 Å². The molecule has 0 saturated carbocycles. The molecule has 0 bridgehead atoms. The highest BCUT2D eigenvalue weighted by Gasteiger charge is 2.32. The Hall–Kier alpha value is -4.03. The lowest BCUT2D eigenvalue weighted by Crippen LogP contribution is -2.42. The van der Waals surface area contributed by atoms with Gasteiger partial charge in [0, 0.05) is 43.5 Å². The first kappa shape index (κ1) is 24.7. The molecule has 1 fully saturated rings. The zero-order valence-corrected chi connectivity index (χ0v) is 20.8. The van der Waals surface area contributed by atoms with Crippen LogP contribution in [0, 0.1) is 5.82 Å². The number of anilines is 2. The molecule has 3 aromatic heterocycles. The Morgan fingerprint density at radius 2 is 1.84 bits per heavy atom. The number of rotatable bonds is 6. The molecule has 4 heterocycles.